The Labute approximate surface area is 169 Å². The van der Waals surface area contributed by atoms with Gasteiger partial charge in [-0.2, -0.15) is 0 Å². The Hall–Kier alpha value is -4.01. The Bertz CT molecular complexity index is 1240. The van der Waals surface area contributed by atoms with Crippen LogP contribution in [0.1, 0.15) is 16.8 Å². The number of rotatable bonds is 4. The van der Waals surface area contributed by atoms with Crippen LogP contribution in [0.5, 0.6) is 0 Å². The highest BCUT2D eigenvalue weighted by Crippen LogP contribution is 2.19. The monoisotopic (exact) mass is 410 g/mol. The van der Waals surface area contributed by atoms with Gasteiger partial charge in [-0.15, -0.1) is 0 Å². The minimum Gasteiger partial charge on any atom is -0.303 e. The van der Waals surface area contributed by atoms with Crippen LogP contribution in [-0.2, 0) is 11.3 Å². The molecule has 3 amide bonds. The standard InChI is InChI=1S/C21H16F2N4O3/c1-12-16(19(28)27(25-12)15-5-3-2-4-6-15)10-18-20(29)26(21(30)24-18)11-13-7-8-14(22)9-17(13)23/h2-10,25H,11H2,1H3,(H,24,30)/b18-10-. The van der Waals surface area contributed by atoms with Crippen LogP contribution in [0.4, 0.5) is 13.6 Å². The number of hydrogen-bond acceptors (Lipinski definition) is 3. The average molecular weight is 410 g/mol. The number of benzene rings is 2. The molecule has 7 nitrogen and oxygen atoms in total. The van der Waals surface area contributed by atoms with Gasteiger partial charge in [0, 0.05) is 17.3 Å². The molecule has 152 valence electrons. The van der Waals surface area contributed by atoms with Crippen LogP contribution in [0.15, 0.2) is 59.0 Å². The lowest BCUT2D eigenvalue weighted by atomic mass is 10.2. The molecule has 0 spiro atoms. The molecular formula is C21H16F2N4O3. The van der Waals surface area contributed by atoms with E-state index in [0.717, 1.165) is 11.0 Å². The van der Waals surface area contributed by atoms with Crippen molar-refractivity contribution in [2.24, 2.45) is 0 Å². The lowest BCUT2D eigenvalue weighted by Gasteiger charge is -2.12. The van der Waals surface area contributed by atoms with Gasteiger partial charge in [-0.05, 0) is 31.2 Å². The van der Waals surface area contributed by atoms with E-state index in [4.69, 9.17) is 0 Å². The molecule has 1 aliphatic heterocycles. The Kier molecular flexibility index (Phi) is 4.78. The summed E-state index contributed by atoms with van der Waals surface area (Å²) in [7, 11) is 0. The summed E-state index contributed by atoms with van der Waals surface area (Å²) in [5.74, 6) is -2.33. The van der Waals surface area contributed by atoms with Crippen LogP contribution < -0.4 is 10.9 Å². The fourth-order valence-electron chi connectivity index (χ4n) is 3.17. The third-order valence-corrected chi connectivity index (χ3v) is 4.73. The first-order chi connectivity index (χ1) is 14.3. The Morgan fingerprint density at radius 1 is 1.03 bits per heavy atom. The Morgan fingerprint density at radius 2 is 1.77 bits per heavy atom. The highest BCUT2D eigenvalue weighted by Gasteiger charge is 2.34. The van der Waals surface area contributed by atoms with E-state index in [1.165, 1.54) is 16.8 Å². The van der Waals surface area contributed by atoms with E-state index < -0.39 is 29.1 Å². The van der Waals surface area contributed by atoms with E-state index in [1.807, 2.05) is 6.07 Å². The third-order valence-electron chi connectivity index (χ3n) is 4.73. The van der Waals surface area contributed by atoms with Crippen molar-refractivity contribution in [2.75, 3.05) is 0 Å². The molecule has 0 bridgehead atoms. The van der Waals surface area contributed by atoms with Crippen LogP contribution in [0, 0.1) is 18.6 Å². The quantitative estimate of drug-likeness (QED) is 0.512. The second kappa shape index (κ2) is 7.43. The maximum atomic E-state index is 13.9. The van der Waals surface area contributed by atoms with Gasteiger partial charge in [0.15, 0.2) is 0 Å². The number of urea groups is 1. The summed E-state index contributed by atoms with van der Waals surface area (Å²) in [5.41, 5.74) is 0.813. The van der Waals surface area contributed by atoms with Gasteiger partial charge in [0.2, 0.25) is 0 Å². The summed E-state index contributed by atoms with van der Waals surface area (Å²) in [5, 5.41) is 5.33. The van der Waals surface area contributed by atoms with Gasteiger partial charge < -0.3 is 5.32 Å². The van der Waals surface area contributed by atoms with Crippen molar-refractivity contribution in [1.29, 1.82) is 0 Å². The van der Waals surface area contributed by atoms with Crippen LogP contribution >= 0.6 is 0 Å². The molecule has 0 aliphatic carbocycles. The van der Waals surface area contributed by atoms with Gasteiger partial charge in [0.05, 0.1) is 17.8 Å². The normalized spacial score (nSPS) is 15.2. The molecule has 4 rings (SSSR count). The predicted octanol–water partition coefficient (Wildman–Crippen LogP) is 2.85. The molecule has 1 aliphatic rings. The summed E-state index contributed by atoms with van der Waals surface area (Å²) >= 11 is 0. The largest absolute Gasteiger partial charge is 0.329 e. The molecule has 2 N–H and O–H groups in total. The van der Waals surface area contributed by atoms with Gasteiger partial charge in [-0.25, -0.2) is 18.3 Å². The van der Waals surface area contributed by atoms with Crippen molar-refractivity contribution in [3.05, 3.63) is 93.0 Å². The highest BCUT2D eigenvalue weighted by atomic mass is 19.1. The van der Waals surface area contributed by atoms with E-state index >= 15 is 0 Å². The van der Waals surface area contributed by atoms with Gasteiger partial charge in [-0.3, -0.25) is 19.6 Å². The number of H-pyrrole nitrogens is 1. The fraction of sp³-hybridized carbons (Fsp3) is 0.0952. The molecule has 0 unspecified atom stereocenters. The average Bonchev–Trinajstić information content (AvgIpc) is 3.15. The van der Waals surface area contributed by atoms with Crippen molar-refractivity contribution >= 4 is 18.0 Å². The first-order valence-electron chi connectivity index (χ1n) is 9.00. The van der Waals surface area contributed by atoms with E-state index in [2.05, 4.69) is 10.4 Å². The van der Waals surface area contributed by atoms with Gasteiger partial charge in [-0.1, -0.05) is 24.3 Å². The zero-order valence-electron chi connectivity index (χ0n) is 15.8. The molecule has 0 saturated carbocycles. The topological polar surface area (TPSA) is 87.2 Å². The second-order valence-corrected chi connectivity index (χ2v) is 6.74. The van der Waals surface area contributed by atoms with E-state index in [1.54, 1.807) is 31.2 Å². The number of para-hydroxylation sites is 1. The number of amides is 3. The Balaban J connectivity index is 1.64. The summed E-state index contributed by atoms with van der Waals surface area (Å²) in [4.78, 5) is 38.5. The fourth-order valence-corrected chi connectivity index (χ4v) is 3.17. The van der Waals surface area contributed by atoms with Crippen molar-refractivity contribution in [1.82, 2.24) is 20.0 Å². The number of halogens is 2. The van der Waals surface area contributed by atoms with Crippen molar-refractivity contribution < 1.29 is 18.4 Å². The molecule has 30 heavy (non-hydrogen) atoms. The van der Waals surface area contributed by atoms with Gasteiger partial charge in [0.25, 0.3) is 11.5 Å². The zero-order chi connectivity index (χ0) is 21.4. The van der Waals surface area contributed by atoms with Crippen LogP contribution in [0.3, 0.4) is 0 Å². The summed E-state index contributed by atoms with van der Waals surface area (Å²) in [6.07, 6.45) is 1.29. The lowest BCUT2D eigenvalue weighted by Crippen LogP contribution is -2.30. The molecular weight excluding hydrogens is 394 g/mol. The number of nitrogens with zero attached hydrogens (tertiary/aromatic N) is 2. The number of carbonyl (C=O) groups excluding carboxylic acids is 2. The number of imide groups is 1. The molecule has 0 radical (unpaired) electrons. The van der Waals surface area contributed by atoms with Crippen LogP contribution in [0.25, 0.3) is 11.8 Å². The summed E-state index contributed by atoms with van der Waals surface area (Å²) < 4.78 is 28.3. The highest BCUT2D eigenvalue weighted by molar-refractivity contribution is 6.13. The summed E-state index contributed by atoms with van der Waals surface area (Å²) in [6, 6.07) is 11.0. The first kappa shape index (κ1) is 19.3. The molecule has 2 heterocycles. The van der Waals surface area contributed by atoms with Crippen LogP contribution in [-0.4, -0.2) is 26.6 Å². The van der Waals surface area contributed by atoms with E-state index in [0.29, 0.717) is 17.4 Å². The number of nitrogens with one attached hydrogen (secondary N) is 2. The summed E-state index contributed by atoms with van der Waals surface area (Å²) in [6.45, 7) is 1.30. The number of aromatic amines is 1. The Morgan fingerprint density at radius 3 is 2.47 bits per heavy atom. The number of hydrogen-bond donors (Lipinski definition) is 2. The van der Waals surface area contributed by atoms with Gasteiger partial charge in [0.1, 0.15) is 17.3 Å². The SMILES string of the molecule is Cc1[nH]n(-c2ccccc2)c(=O)c1/C=C1\NC(=O)N(Cc2ccc(F)cc2F)C1=O. The number of aromatic nitrogens is 2. The smallest absolute Gasteiger partial charge is 0.303 e. The van der Waals surface area contributed by atoms with E-state index in [9.17, 15) is 23.2 Å². The maximum Gasteiger partial charge on any atom is 0.329 e. The second-order valence-electron chi connectivity index (χ2n) is 6.74. The molecule has 1 fully saturated rings. The number of aryl methyl sites for hydroxylation is 1. The molecule has 2 aromatic carbocycles. The lowest BCUT2D eigenvalue weighted by molar-refractivity contribution is -0.123. The number of carbonyl (C=O) groups is 2. The van der Waals surface area contributed by atoms with Crippen molar-refractivity contribution in [2.45, 2.75) is 13.5 Å². The molecule has 3 aromatic rings. The minimum absolute atomic E-state index is 0.00888. The zero-order valence-corrected chi connectivity index (χ0v) is 15.8. The van der Waals surface area contributed by atoms with Crippen molar-refractivity contribution in [3.63, 3.8) is 0 Å². The molecule has 9 heteroatoms. The molecule has 1 saturated heterocycles. The molecule has 1 aromatic heterocycles. The van der Waals surface area contributed by atoms with Gasteiger partial charge >= 0.3 is 6.03 Å². The van der Waals surface area contributed by atoms with Crippen LogP contribution in [0.2, 0.25) is 0 Å². The minimum atomic E-state index is -0.861. The molecule has 0 atom stereocenters. The van der Waals surface area contributed by atoms with Crippen molar-refractivity contribution in [3.8, 4) is 5.69 Å². The maximum absolute atomic E-state index is 13.9. The van der Waals surface area contributed by atoms with E-state index in [-0.39, 0.29) is 23.4 Å². The first-order valence-corrected chi connectivity index (χ1v) is 9.00. The predicted molar refractivity (Wildman–Crippen MR) is 105 cm³/mol. The third kappa shape index (κ3) is 3.41.